The first-order valence-corrected chi connectivity index (χ1v) is 7.95. The summed E-state index contributed by atoms with van der Waals surface area (Å²) in [5.41, 5.74) is 2.31. The molecule has 1 unspecified atom stereocenters. The Labute approximate surface area is 146 Å². The molecule has 0 saturated heterocycles. The number of aliphatic hydroxyl groups excluding tert-OH is 1. The third-order valence-electron chi connectivity index (χ3n) is 3.62. The van der Waals surface area contributed by atoms with Crippen molar-refractivity contribution in [2.24, 2.45) is 0 Å². The van der Waals surface area contributed by atoms with Crippen LogP contribution >= 0.6 is 0 Å². The van der Waals surface area contributed by atoms with Crippen LogP contribution in [0.5, 0.6) is 5.75 Å². The Kier molecular flexibility index (Phi) is 6.54. The van der Waals surface area contributed by atoms with Crippen LogP contribution in [-0.2, 0) is 16.0 Å². The summed E-state index contributed by atoms with van der Waals surface area (Å²) in [7, 11) is 1.49. The zero-order valence-corrected chi connectivity index (χ0v) is 14.3. The van der Waals surface area contributed by atoms with Crippen LogP contribution in [-0.4, -0.2) is 36.7 Å². The molecule has 25 heavy (non-hydrogen) atoms. The Morgan fingerprint density at radius 2 is 1.84 bits per heavy atom. The fraction of sp³-hybridized carbons (Fsp3) is 0.263. The van der Waals surface area contributed by atoms with Gasteiger partial charge in [-0.1, -0.05) is 36.4 Å². The number of nitrogens with one attached hydrogen (secondary N) is 2. The van der Waals surface area contributed by atoms with Gasteiger partial charge in [0, 0.05) is 13.0 Å². The molecule has 0 aromatic heterocycles. The quantitative estimate of drug-likeness (QED) is 0.697. The lowest BCUT2D eigenvalue weighted by molar-refractivity contribution is -0.136. The highest BCUT2D eigenvalue weighted by molar-refractivity contribution is 6.39. The van der Waals surface area contributed by atoms with Gasteiger partial charge in [-0.25, -0.2) is 0 Å². The van der Waals surface area contributed by atoms with E-state index in [0.717, 1.165) is 11.1 Å². The van der Waals surface area contributed by atoms with Crippen molar-refractivity contribution in [3.63, 3.8) is 0 Å². The van der Waals surface area contributed by atoms with Crippen LogP contribution in [0.25, 0.3) is 0 Å². The summed E-state index contributed by atoms with van der Waals surface area (Å²) in [4.78, 5) is 23.9. The molecule has 0 bridgehead atoms. The SMILES string of the molecule is COc1ccc(C)cc1NC(=O)C(=O)NCC(O)Cc1ccccc1. The number of carbonyl (C=O) groups excluding carboxylic acids is 2. The van der Waals surface area contributed by atoms with E-state index in [1.54, 1.807) is 12.1 Å². The van der Waals surface area contributed by atoms with Crippen molar-refractivity contribution in [1.29, 1.82) is 0 Å². The molecule has 2 aromatic carbocycles. The molecule has 0 heterocycles. The Morgan fingerprint density at radius 1 is 1.12 bits per heavy atom. The molecule has 0 saturated carbocycles. The van der Waals surface area contributed by atoms with Gasteiger partial charge in [0.05, 0.1) is 18.9 Å². The van der Waals surface area contributed by atoms with E-state index in [4.69, 9.17) is 4.74 Å². The van der Waals surface area contributed by atoms with Crippen molar-refractivity contribution in [1.82, 2.24) is 5.32 Å². The van der Waals surface area contributed by atoms with Gasteiger partial charge in [0.25, 0.3) is 0 Å². The molecule has 2 aromatic rings. The van der Waals surface area contributed by atoms with Crippen LogP contribution in [0.3, 0.4) is 0 Å². The Hall–Kier alpha value is -2.86. The molecule has 6 nitrogen and oxygen atoms in total. The highest BCUT2D eigenvalue weighted by Gasteiger charge is 2.17. The second-order valence-corrected chi connectivity index (χ2v) is 5.71. The number of aliphatic hydroxyl groups is 1. The zero-order valence-electron chi connectivity index (χ0n) is 14.3. The monoisotopic (exact) mass is 342 g/mol. The van der Waals surface area contributed by atoms with Gasteiger partial charge >= 0.3 is 11.8 Å². The molecular weight excluding hydrogens is 320 g/mol. The second-order valence-electron chi connectivity index (χ2n) is 5.71. The molecule has 6 heteroatoms. The minimum atomic E-state index is -0.810. The summed E-state index contributed by atoms with van der Waals surface area (Å²) in [6, 6.07) is 14.7. The lowest BCUT2D eigenvalue weighted by atomic mass is 10.1. The number of rotatable bonds is 6. The van der Waals surface area contributed by atoms with Crippen LogP contribution in [0.15, 0.2) is 48.5 Å². The molecule has 132 valence electrons. The summed E-state index contributed by atoms with van der Waals surface area (Å²) >= 11 is 0. The molecule has 1 atom stereocenters. The maximum absolute atomic E-state index is 12.0. The number of ether oxygens (including phenoxy) is 1. The number of benzene rings is 2. The highest BCUT2D eigenvalue weighted by Crippen LogP contribution is 2.24. The largest absolute Gasteiger partial charge is 0.495 e. The van der Waals surface area contributed by atoms with Crippen LogP contribution in [0.4, 0.5) is 5.69 Å². The first kappa shape index (κ1) is 18.5. The van der Waals surface area contributed by atoms with Crippen LogP contribution < -0.4 is 15.4 Å². The molecular formula is C19H22N2O4. The standard InChI is InChI=1S/C19H22N2O4/c1-13-8-9-17(25-2)16(10-13)21-19(24)18(23)20-12-15(22)11-14-6-4-3-5-7-14/h3-10,15,22H,11-12H2,1-2H3,(H,20,23)(H,21,24). The van der Waals surface area contributed by atoms with E-state index in [-0.39, 0.29) is 6.54 Å². The average Bonchev–Trinajstić information content (AvgIpc) is 2.60. The van der Waals surface area contributed by atoms with Gasteiger partial charge < -0.3 is 20.5 Å². The van der Waals surface area contributed by atoms with E-state index in [1.807, 2.05) is 43.3 Å². The summed E-state index contributed by atoms with van der Waals surface area (Å²) in [6.45, 7) is 1.86. The van der Waals surface area contributed by atoms with Crippen LogP contribution in [0, 0.1) is 6.92 Å². The van der Waals surface area contributed by atoms with Gasteiger partial charge in [0.2, 0.25) is 0 Å². The van der Waals surface area contributed by atoms with Crippen molar-refractivity contribution >= 4 is 17.5 Å². The van der Waals surface area contributed by atoms with Crippen molar-refractivity contribution < 1.29 is 19.4 Å². The summed E-state index contributed by atoms with van der Waals surface area (Å²) in [5.74, 6) is -1.15. The van der Waals surface area contributed by atoms with Gasteiger partial charge in [-0.2, -0.15) is 0 Å². The molecule has 0 aliphatic carbocycles. The fourth-order valence-corrected chi connectivity index (χ4v) is 2.35. The predicted octanol–water partition coefficient (Wildman–Crippen LogP) is 1.66. The van der Waals surface area contributed by atoms with E-state index in [9.17, 15) is 14.7 Å². The fourth-order valence-electron chi connectivity index (χ4n) is 2.35. The number of amides is 2. The summed E-state index contributed by atoms with van der Waals surface area (Å²) in [6.07, 6.45) is -0.373. The van der Waals surface area contributed by atoms with Crippen LogP contribution in [0.1, 0.15) is 11.1 Å². The average molecular weight is 342 g/mol. The summed E-state index contributed by atoms with van der Waals surface area (Å²) in [5, 5.41) is 14.9. The zero-order chi connectivity index (χ0) is 18.2. The Morgan fingerprint density at radius 3 is 2.52 bits per heavy atom. The van der Waals surface area contributed by atoms with E-state index >= 15 is 0 Å². The highest BCUT2D eigenvalue weighted by atomic mass is 16.5. The predicted molar refractivity (Wildman–Crippen MR) is 95.5 cm³/mol. The normalized spacial score (nSPS) is 11.5. The third-order valence-corrected chi connectivity index (χ3v) is 3.62. The lowest BCUT2D eigenvalue weighted by Crippen LogP contribution is -2.40. The summed E-state index contributed by atoms with van der Waals surface area (Å²) < 4.78 is 5.16. The van der Waals surface area contributed by atoms with Crippen LogP contribution in [0.2, 0.25) is 0 Å². The number of aryl methyl sites for hydroxylation is 1. The van der Waals surface area contributed by atoms with E-state index in [1.165, 1.54) is 7.11 Å². The van der Waals surface area contributed by atoms with E-state index < -0.39 is 17.9 Å². The smallest absolute Gasteiger partial charge is 0.313 e. The van der Waals surface area contributed by atoms with E-state index in [0.29, 0.717) is 17.9 Å². The molecule has 0 spiro atoms. The topological polar surface area (TPSA) is 87.7 Å². The molecule has 0 aliphatic rings. The number of anilines is 1. The van der Waals surface area contributed by atoms with Gasteiger partial charge in [-0.15, -0.1) is 0 Å². The van der Waals surface area contributed by atoms with Gasteiger partial charge in [-0.3, -0.25) is 9.59 Å². The number of methoxy groups -OCH3 is 1. The first-order valence-electron chi connectivity index (χ1n) is 7.95. The van der Waals surface area contributed by atoms with Crippen molar-refractivity contribution in [3.05, 3.63) is 59.7 Å². The maximum atomic E-state index is 12.0. The molecule has 2 amide bonds. The van der Waals surface area contributed by atoms with Crippen molar-refractivity contribution in [2.45, 2.75) is 19.4 Å². The lowest BCUT2D eigenvalue weighted by Gasteiger charge is -2.13. The Balaban J connectivity index is 1.86. The minimum absolute atomic E-state index is 0.00784. The minimum Gasteiger partial charge on any atom is -0.495 e. The van der Waals surface area contributed by atoms with Gasteiger partial charge in [-0.05, 0) is 30.2 Å². The van der Waals surface area contributed by atoms with Crippen molar-refractivity contribution in [2.75, 3.05) is 19.0 Å². The molecule has 0 radical (unpaired) electrons. The van der Waals surface area contributed by atoms with Gasteiger partial charge in [0.1, 0.15) is 5.75 Å². The molecule has 3 N–H and O–H groups in total. The Bertz CT molecular complexity index is 731. The number of hydrogen-bond acceptors (Lipinski definition) is 4. The molecule has 0 aliphatic heterocycles. The third kappa shape index (κ3) is 5.61. The second kappa shape index (κ2) is 8.84. The van der Waals surface area contributed by atoms with Gasteiger partial charge in [0.15, 0.2) is 0 Å². The number of carbonyl (C=O) groups is 2. The van der Waals surface area contributed by atoms with E-state index in [2.05, 4.69) is 10.6 Å². The first-order chi connectivity index (χ1) is 12.0. The van der Waals surface area contributed by atoms with Crippen molar-refractivity contribution in [3.8, 4) is 5.75 Å². The molecule has 2 rings (SSSR count). The number of hydrogen-bond donors (Lipinski definition) is 3. The maximum Gasteiger partial charge on any atom is 0.313 e. The molecule has 0 fully saturated rings.